The summed E-state index contributed by atoms with van der Waals surface area (Å²) in [5, 5.41) is 16.3. The Balaban J connectivity index is 2.33. The standard InChI is InChI=1S/C10H10FN3O/c11-9-4-2-1-3-8(9)10-7-14(5-6-15)13-12-10/h1-4,7,15H,5-6H2. The molecule has 0 amide bonds. The molecule has 0 saturated heterocycles. The molecule has 1 aromatic carbocycles. The number of aliphatic hydroxyl groups is 1. The molecule has 5 heteroatoms. The first-order valence-electron chi connectivity index (χ1n) is 4.57. The zero-order chi connectivity index (χ0) is 10.7. The van der Waals surface area contributed by atoms with Gasteiger partial charge in [-0.15, -0.1) is 5.10 Å². The fraction of sp³-hybridized carbons (Fsp3) is 0.200. The Labute approximate surface area is 86.0 Å². The van der Waals surface area contributed by atoms with E-state index in [2.05, 4.69) is 10.3 Å². The van der Waals surface area contributed by atoms with E-state index in [9.17, 15) is 4.39 Å². The number of aromatic nitrogens is 3. The summed E-state index contributed by atoms with van der Waals surface area (Å²) in [5.41, 5.74) is 0.892. The number of nitrogens with zero attached hydrogens (tertiary/aromatic N) is 3. The van der Waals surface area contributed by atoms with Gasteiger partial charge >= 0.3 is 0 Å². The van der Waals surface area contributed by atoms with Crippen LogP contribution in [0.5, 0.6) is 0 Å². The third kappa shape index (κ3) is 2.02. The van der Waals surface area contributed by atoms with Crippen LogP contribution in [0.4, 0.5) is 4.39 Å². The van der Waals surface area contributed by atoms with E-state index in [1.807, 2.05) is 0 Å². The van der Waals surface area contributed by atoms with Gasteiger partial charge in [-0.3, -0.25) is 0 Å². The molecule has 1 heterocycles. The van der Waals surface area contributed by atoms with E-state index in [1.54, 1.807) is 24.4 Å². The van der Waals surface area contributed by atoms with Gasteiger partial charge < -0.3 is 5.11 Å². The van der Waals surface area contributed by atoms with Gasteiger partial charge in [-0.05, 0) is 12.1 Å². The molecule has 0 spiro atoms. The molecule has 4 nitrogen and oxygen atoms in total. The molecular weight excluding hydrogens is 197 g/mol. The van der Waals surface area contributed by atoms with Gasteiger partial charge in [0.15, 0.2) is 0 Å². The molecular formula is C10H10FN3O. The molecule has 0 aliphatic rings. The predicted molar refractivity (Wildman–Crippen MR) is 52.5 cm³/mol. The fourth-order valence-electron chi connectivity index (χ4n) is 1.30. The van der Waals surface area contributed by atoms with Crippen molar-refractivity contribution in [3.8, 4) is 11.3 Å². The van der Waals surface area contributed by atoms with E-state index in [-0.39, 0.29) is 12.4 Å². The molecule has 15 heavy (non-hydrogen) atoms. The van der Waals surface area contributed by atoms with Crippen molar-refractivity contribution in [3.63, 3.8) is 0 Å². The third-order valence-corrected chi connectivity index (χ3v) is 2.02. The second-order valence-corrected chi connectivity index (χ2v) is 3.07. The first kappa shape index (κ1) is 9.79. The molecule has 0 aliphatic heterocycles. The summed E-state index contributed by atoms with van der Waals surface area (Å²) in [4.78, 5) is 0. The maximum atomic E-state index is 13.3. The van der Waals surface area contributed by atoms with Crippen LogP contribution < -0.4 is 0 Å². The summed E-state index contributed by atoms with van der Waals surface area (Å²) in [6, 6.07) is 6.38. The second kappa shape index (κ2) is 4.18. The van der Waals surface area contributed by atoms with Crippen molar-refractivity contribution < 1.29 is 9.50 Å². The molecule has 0 aliphatic carbocycles. The zero-order valence-electron chi connectivity index (χ0n) is 7.97. The van der Waals surface area contributed by atoms with Crippen LogP contribution >= 0.6 is 0 Å². The monoisotopic (exact) mass is 207 g/mol. The van der Waals surface area contributed by atoms with Crippen LogP contribution in [0.2, 0.25) is 0 Å². The van der Waals surface area contributed by atoms with Crippen molar-refractivity contribution in [1.82, 2.24) is 15.0 Å². The van der Waals surface area contributed by atoms with E-state index in [4.69, 9.17) is 5.11 Å². The van der Waals surface area contributed by atoms with E-state index in [0.29, 0.717) is 17.8 Å². The van der Waals surface area contributed by atoms with Crippen molar-refractivity contribution in [2.24, 2.45) is 0 Å². The highest BCUT2D eigenvalue weighted by atomic mass is 19.1. The fourth-order valence-corrected chi connectivity index (χ4v) is 1.30. The van der Waals surface area contributed by atoms with Crippen molar-refractivity contribution in [2.45, 2.75) is 6.54 Å². The molecule has 0 atom stereocenters. The topological polar surface area (TPSA) is 50.9 Å². The average Bonchev–Trinajstić information content (AvgIpc) is 2.68. The molecule has 0 unspecified atom stereocenters. The molecule has 1 aromatic heterocycles. The summed E-state index contributed by atoms with van der Waals surface area (Å²) in [5.74, 6) is -0.325. The minimum Gasteiger partial charge on any atom is -0.394 e. The predicted octanol–water partition coefficient (Wildman–Crippen LogP) is 1.08. The highest BCUT2D eigenvalue weighted by Gasteiger charge is 2.07. The molecule has 0 fully saturated rings. The number of aliphatic hydroxyl groups excluding tert-OH is 1. The summed E-state index contributed by atoms with van der Waals surface area (Å²) >= 11 is 0. The minimum absolute atomic E-state index is 0.0138. The normalized spacial score (nSPS) is 10.5. The average molecular weight is 207 g/mol. The minimum atomic E-state index is -0.325. The van der Waals surface area contributed by atoms with Crippen LogP contribution in [-0.4, -0.2) is 26.7 Å². The Morgan fingerprint density at radius 2 is 2.13 bits per heavy atom. The summed E-state index contributed by atoms with van der Waals surface area (Å²) in [6.07, 6.45) is 1.61. The van der Waals surface area contributed by atoms with Crippen molar-refractivity contribution in [1.29, 1.82) is 0 Å². The zero-order valence-corrected chi connectivity index (χ0v) is 7.97. The second-order valence-electron chi connectivity index (χ2n) is 3.07. The van der Waals surface area contributed by atoms with E-state index in [0.717, 1.165) is 0 Å². The largest absolute Gasteiger partial charge is 0.394 e. The molecule has 0 bridgehead atoms. The van der Waals surface area contributed by atoms with Gasteiger partial charge in [0.25, 0.3) is 0 Å². The van der Waals surface area contributed by atoms with Crippen LogP contribution in [0.25, 0.3) is 11.3 Å². The maximum absolute atomic E-state index is 13.3. The summed E-state index contributed by atoms with van der Waals surface area (Å²) < 4.78 is 14.8. The van der Waals surface area contributed by atoms with E-state index < -0.39 is 0 Å². The van der Waals surface area contributed by atoms with Crippen molar-refractivity contribution >= 4 is 0 Å². The number of rotatable bonds is 3. The van der Waals surface area contributed by atoms with Gasteiger partial charge in [0.2, 0.25) is 0 Å². The number of hydrogen-bond acceptors (Lipinski definition) is 3. The highest BCUT2D eigenvalue weighted by molar-refractivity contribution is 5.58. The van der Waals surface area contributed by atoms with Crippen LogP contribution in [0.15, 0.2) is 30.5 Å². The Morgan fingerprint density at radius 1 is 1.33 bits per heavy atom. The van der Waals surface area contributed by atoms with E-state index in [1.165, 1.54) is 10.7 Å². The summed E-state index contributed by atoms with van der Waals surface area (Å²) in [6.45, 7) is 0.349. The van der Waals surface area contributed by atoms with Gasteiger partial charge in [0.05, 0.1) is 19.3 Å². The first-order chi connectivity index (χ1) is 7.31. The quantitative estimate of drug-likeness (QED) is 0.819. The van der Waals surface area contributed by atoms with Crippen molar-refractivity contribution in [2.75, 3.05) is 6.61 Å². The van der Waals surface area contributed by atoms with Crippen LogP contribution in [-0.2, 0) is 6.54 Å². The lowest BCUT2D eigenvalue weighted by atomic mass is 10.1. The lowest BCUT2D eigenvalue weighted by Gasteiger charge is -1.96. The lowest BCUT2D eigenvalue weighted by Crippen LogP contribution is -2.01. The molecule has 1 N–H and O–H groups in total. The Bertz CT molecular complexity index is 455. The van der Waals surface area contributed by atoms with Gasteiger partial charge in [-0.2, -0.15) is 0 Å². The molecule has 78 valence electrons. The Morgan fingerprint density at radius 3 is 2.87 bits per heavy atom. The van der Waals surface area contributed by atoms with Gasteiger partial charge in [0, 0.05) is 5.56 Å². The van der Waals surface area contributed by atoms with Crippen molar-refractivity contribution in [3.05, 3.63) is 36.3 Å². The smallest absolute Gasteiger partial charge is 0.132 e. The summed E-state index contributed by atoms with van der Waals surface area (Å²) in [7, 11) is 0. The number of benzene rings is 1. The maximum Gasteiger partial charge on any atom is 0.132 e. The van der Waals surface area contributed by atoms with Crippen LogP contribution in [0.1, 0.15) is 0 Å². The molecule has 2 aromatic rings. The van der Waals surface area contributed by atoms with Gasteiger partial charge in [-0.1, -0.05) is 17.3 Å². The van der Waals surface area contributed by atoms with E-state index >= 15 is 0 Å². The third-order valence-electron chi connectivity index (χ3n) is 2.02. The number of hydrogen-bond donors (Lipinski definition) is 1. The molecule has 2 rings (SSSR count). The van der Waals surface area contributed by atoms with Crippen LogP contribution in [0.3, 0.4) is 0 Å². The highest BCUT2D eigenvalue weighted by Crippen LogP contribution is 2.19. The molecule has 0 saturated carbocycles. The molecule has 0 radical (unpaired) electrons. The van der Waals surface area contributed by atoms with Crippen LogP contribution in [0, 0.1) is 5.82 Å². The Hall–Kier alpha value is -1.75. The SMILES string of the molecule is OCCn1cc(-c2ccccc2F)nn1. The number of halogens is 1. The van der Waals surface area contributed by atoms with Gasteiger partial charge in [0.1, 0.15) is 11.5 Å². The first-order valence-corrected chi connectivity index (χ1v) is 4.57. The van der Waals surface area contributed by atoms with Gasteiger partial charge in [-0.25, -0.2) is 9.07 Å². The Kier molecular flexibility index (Phi) is 2.73. The lowest BCUT2D eigenvalue weighted by molar-refractivity contribution is 0.268.